The maximum absolute atomic E-state index is 13.0. The van der Waals surface area contributed by atoms with Crippen molar-refractivity contribution in [1.82, 2.24) is 5.32 Å². The highest BCUT2D eigenvalue weighted by atomic mass is 16.5. The van der Waals surface area contributed by atoms with E-state index >= 15 is 0 Å². The van der Waals surface area contributed by atoms with Gasteiger partial charge in [-0.15, -0.1) is 0 Å². The summed E-state index contributed by atoms with van der Waals surface area (Å²) >= 11 is 0. The third-order valence-electron chi connectivity index (χ3n) is 6.44. The van der Waals surface area contributed by atoms with Crippen LogP contribution in [0.2, 0.25) is 0 Å². The number of ether oxygens (including phenoxy) is 3. The standard InChI is InChI=1S/C32H35NO6/c1-5-37-30(35)19-29(34)28(18-21-14-16-22(17-15-21)39-32(2,3)4)33-31(36)38-20-27-25-12-8-6-10-23(25)24-11-7-9-13-26(24)27/h6-17,27-28H,5,18-20H2,1-4H3,(H,33,36)/t28-/m0/s1. The van der Waals surface area contributed by atoms with Crippen molar-refractivity contribution in [2.24, 2.45) is 0 Å². The van der Waals surface area contributed by atoms with E-state index in [4.69, 9.17) is 14.2 Å². The van der Waals surface area contributed by atoms with E-state index in [-0.39, 0.29) is 31.2 Å². The quantitative estimate of drug-likeness (QED) is 0.262. The molecular weight excluding hydrogens is 494 g/mol. The zero-order chi connectivity index (χ0) is 28.0. The Morgan fingerprint density at radius 1 is 0.846 bits per heavy atom. The normalized spacial score (nSPS) is 13.1. The third-order valence-corrected chi connectivity index (χ3v) is 6.44. The van der Waals surface area contributed by atoms with E-state index in [2.05, 4.69) is 17.4 Å². The van der Waals surface area contributed by atoms with Crippen molar-refractivity contribution in [3.05, 3.63) is 89.5 Å². The molecule has 3 aromatic carbocycles. The fourth-order valence-corrected chi connectivity index (χ4v) is 4.79. The minimum absolute atomic E-state index is 0.104. The number of hydrogen-bond donors (Lipinski definition) is 1. The number of esters is 1. The van der Waals surface area contributed by atoms with Gasteiger partial charge in [0.15, 0.2) is 5.78 Å². The topological polar surface area (TPSA) is 90.9 Å². The molecule has 39 heavy (non-hydrogen) atoms. The lowest BCUT2D eigenvalue weighted by Crippen LogP contribution is -2.43. The lowest BCUT2D eigenvalue weighted by molar-refractivity contribution is -0.145. The van der Waals surface area contributed by atoms with Crippen LogP contribution in [0.15, 0.2) is 72.8 Å². The zero-order valence-electron chi connectivity index (χ0n) is 22.9. The first kappa shape index (κ1) is 27.9. The number of rotatable bonds is 10. The molecule has 0 radical (unpaired) electrons. The van der Waals surface area contributed by atoms with E-state index in [1.165, 1.54) is 0 Å². The van der Waals surface area contributed by atoms with Gasteiger partial charge in [-0.1, -0.05) is 60.7 Å². The maximum atomic E-state index is 13.0. The van der Waals surface area contributed by atoms with E-state index in [0.717, 1.165) is 27.8 Å². The molecule has 4 rings (SSSR count). The summed E-state index contributed by atoms with van der Waals surface area (Å²) in [7, 11) is 0. The summed E-state index contributed by atoms with van der Waals surface area (Å²) in [5.41, 5.74) is 4.91. The fourth-order valence-electron chi connectivity index (χ4n) is 4.79. The third kappa shape index (κ3) is 7.25. The summed E-state index contributed by atoms with van der Waals surface area (Å²) in [4.78, 5) is 37.9. The van der Waals surface area contributed by atoms with Gasteiger partial charge in [-0.3, -0.25) is 9.59 Å². The number of carbonyl (C=O) groups is 3. The number of fused-ring (bicyclic) bond motifs is 3. The number of alkyl carbamates (subject to hydrolysis) is 1. The first-order chi connectivity index (χ1) is 18.6. The van der Waals surface area contributed by atoms with Crippen molar-refractivity contribution in [3.63, 3.8) is 0 Å². The van der Waals surface area contributed by atoms with Crippen molar-refractivity contribution >= 4 is 17.8 Å². The lowest BCUT2D eigenvalue weighted by Gasteiger charge is -2.22. The maximum Gasteiger partial charge on any atom is 0.407 e. The number of amides is 1. The van der Waals surface area contributed by atoms with Crippen LogP contribution in [0.3, 0.4) is 0 Å². The Morgan fingerprint density at radius 3 is 2.00 bits per heavy atom. The van der Waals surface area contributed by atoms with Gasteiger partial charge in [0.25, 0.3) is 0 Å². The van der Waals surface area contributed by atoms with E-state index < -0.39 is 30.3 Å². The van der Waals surface area contributed by atoms with E-state index in [9.17, 15) is 14.4 Å². The van der Waals surface area contributed by atoms with Gasteiger partial charge in [0.1, 0.15) is 24.4 Å². The molecule has 0 saturated carbocycles. The number of Topliss-reactive ketones (excluding diaryl/α,β-unsaturated/α-hetero) is 1. The highest BCUT2D eigenvalue weighted by molar-refractivity contribution is 5.99. The summed E-state index contributed by atoms with van der Waals surface area (Å²) in [6.45, 7) is 7.86. The predicted octanol–water partition coefficient (Wildman–Crippen LogP) is 5.84. The van der Waals surface area contributed by atoms with Crippen molar-refractivity contribution in [1.29, 1.82) is 0 Å². The Balaban J connectivity index is 1.45. The molecule has 3 aromatic rings. The molecule has 1 N–H and O–H groups in total. The summed E-state index contributed by atoms with van der Waals surface area (Å²) in [5.74, 6) is -0.481. The number of nitrogens with one attached hydrogen (secondary N) is 1. The van der Waals surface area contributed by atoms with Crippen LogP contribution in [-0.2, 0) is 25.5 Å². The minimum atomic E-state index is -0.959. The molecule has 7 nitrogen and oxygen atoms in total. The highest BCUT2D eigenvalue weighted by Crippen LogP contribution is 2.44. The smallest absolute Gasteiger partial charge is 0.407 e. The Morgan fingerprint density at radius 2 is 1.44 bits per heavy atom. The SMILES string of the molecule is CCOC(=O)CC(=O)[C@H](Cc1ccc(OC(C)(C)C)cc1)NC(=O)OCC1c2ccccc2-c2ccccc21. The van der Waals surface area contributed by atoms with Crippen LogP contribution in [0.1, 0.15) is 56.7 Å². The lowest BCUT2D eigenvalue weighted by atomic mass is 9.98. The van der Waals surface area contributed by atoms with Gasteiger partial charge in [0.2, 0.25) is 0 Å². The van der Waals surface area contributed by atoms with Crippen LogP contribution >= 0.6 is 0 Å². The van der Waals surface area contributed by atoms with Gasteiger partial charge in [-0.25, -0.2) is 4.79 Å². The first-order valence-corrected chi connectivity index (χ1v) is 13.2. The Kier molecular flexibility index (Phi) is 8.69. The first-order valence-electron chi connectivity index (χ1n) is 13.2. The molecule has 0 spiro atoms. The number of ketones is 1. The second-order valence-corrected chi connectivity index (χ2v) is 10.5. The minimum Gasteiger partial charge on any atom is -0.488 e. The molecule has 1 aliphatic rings. The number of hydrogen-bond acceptors (Lipinski definition) is 6. The second kappa shape index (κ2) is 12.2. The fraction of sp³-hybridized carbons (Fsp3) is 0.344. The summed E-state index contributed by atoms with van der Waals surface area (Å²) in [5, 5.41) is 2.69. The largest absolute Gasteiger partial charge is 0.488 e. The Hall–Kier alpha value is -4.13. The average molecular weight is 530 g/mol. The molecule has 204 valence electrons. The van der Waals surface area contributed by atoms with Gasteiger partial charge in [0.05, 0.1) is 12.6 Å². The van der Waals surface area contributed by atoms with Crippen molar-refractivity contribution < 1.29 is 28.6 Å². The molecule has 0 unspecified atom stereocenters. The van der Waals surface area contributed by atoms with Gasteiger partial charge in [-0.05, 0) is 74.1 Å². The Labute approximate surface area is 229 Å². The summed E-state index contributed by atoms with van der Waals surface area (Å²) in [6, 6.07) is 22.5. The van der Waals surface area contributed by atoms with E-state index in [1.807, 2.05) is 81.4 Å². The molecule has 0 aliphatic heterocycles. The Bertz CT molecular complexity index is 1280. The molecule has 0 fully saturated rings. The monoisotopic (exact) mass is 529 g/mol. The van der Waals surface area contributed by atoms with Crippen molar-refractivity contribution in [2.45, 2.75) is 58.1 Å². The molecule has 0 heterocycles. The van der Waals surface area contributed by atoms with Gasteiger partial charge in [-0.2, -0.15) is 0 Å². The van der Waals surface area contributed by atoms with E-state index in [1.54, 1.807) is 6.92 Å². The predicted molar refractivity (Wildman–Crippen MR) is 149 cm³/mol. The molecule has 1 atom stereocenters. The van der Waals surface area contributed by atoms with Crippen LogP contribution in [0.5, 0.6) is 5.75 Å². The molecular formula is C32H35NO6. The van der Waals surface area contributed by atoms with Crippen LogP contribution in [0, 0.1) is 0 Å². The summed E-state index contributed by atoms with van der Waals surface area (Å²) < 4.78 is 16.5. The molecule has 0 bridgehead atoms. The van der Waals surface area contributed by atoms with Crippen LogP contribution in [0.25, 0.3) is 11.1 Å². The van der Waals surface area contributed by atoms with Gasteiger partial charge < -0.3 is 19.5 Å². The summed E-state index contributed by atoms with van der Waals surface area (Å²) in [6.07, 6.45) is -0.960. The molecule has 1 amide bonds. The number of benzene rings is 3. The van der Waals surface area contributed by atoms with Gasteiger partial charge in [0, 0.05) is 5.92 Å². The zero-order valence-corrected chi connectivity index (χ0v) is 22.9. The van der Waals surface area contributed by atoms with E-state index in [0.29, 0.717) is 5.75 Å². The molecule has 7 heteroatoms. The molecule has 0 aromatic heterocycles. The van der Waals surface area contributed by atoms with Crippen LogP contribution < -0.4 is 10.1 Å². The second-order valence-electron chi connectivity index (χ2n) is 10.5. The number of carbonyl (C=O) groups excluding carboxylic acids is 3. The van der Waals surface area contributed by atoms with Crippen molar-refractivity contribution in [3.8, 4) is 16.9 Å². The molecule has 1 aliphatic carbocycles. The highest BCUT2D eigenvalue weighted by Gasteiger charge is 2.30. The average Bonchev–Trinajstić information content (AvgIpc) is 3.21. The van der Waals surface area contributed by atoms with Gasteiger partial charge >= 0.3 is 12.1 Å². The van der Waals surface area contributed by atoms with Crippen LogP contribution in [0.4, 0.5) is 4.79 Å². The molecule has 0 saturated heterocycles. The van der Waals surface area contributed by atoms with Crippen LogP contribution in [-0.4, -0.2) is 42.7 Å². The van der Waals surface area contributed by atoms with Crippen molar-refractivity contribution in [2.75, 3.05) is 13.2 Å².